The van der Waals surface area contributed by atoms with Crippen molar-refractivity contribution < 1.29 is 14.4 Å². The lowest BCUT2D eigenvalue weighted by molar-refractivity contribution is 0.0653. The first-order chi connectivity index (χ1) is 11.2. The summed E-state index contributed by atoms with van der Waals surface area (Å²) >= 11 is 1.50. The van der Waals surface area contributed by atoms with Gasteiger partial charge in [-0.15, -0.1) is 0 Å². The topological polar surface area (TPSA) is 90.9 Å². The van der Waals surface area contributed by atoms with E-state index < -0.39 is 0 Å². The summed E-state index contributed by atoms with van der Waals surface area (Å²) in [4.78, 5) is 41.3. The number of aliphatic imine (C=N–C) groups is 1. The van der Waals surface area contributed by atoms with Gasteiger partial charge in [0.05, 0.1) is 17.7 Å². The standard InChI is InChI=1S/C15H16N4O3S/c20-12-10-4-1-2-5-11(10)13(21)19(12)8-3-6-16-14(22)18-15-17-7-9-23-15/h1-2,4-5H,3,6-9H2,(H2,16,17,18,22). The van der Waals surface area contributed by atoms with Crippen LogP contribution in [-0.2, 0) is 0 Å². The first-order valence-corrected chi connectivity index (χ1v) is 8.32. The van der Waals surface area contributed by atoms with Crippen molar-refractivity contribution in [3.05, 3.63) is 35.4 Å². The van der Waals surface area contributed by atoms with E-state index >= 15 is 0 Å². The number of hydrogen-bond acceptors (Lipinski definition) is 5. The van der Waals surface area contributed by atoms with Crippen molar-refractivity contribution in [2.75, 3.05) is 25.4 Å². The van der Waals surface area contributed by atoms with Gasteiger partial charge < -0.3 is 5.32 Å². The molecule has 120 valence electrons. The summed E-state index contributed by atoms with van der Waals surface area (Å²) < 4.78 is 0. The molecule has 4 amide bonds. The van der Waals surface area contributed by atoms with Crippen LogP contribution in [0.25, 0.3) is 0 Å². The number of benzene rings is 1. The predicted octanol–water partition coefficient (Wildman–Crippen LogP) is 1.07. The van der Waals surface area contributed by atoms with Crippen molar-refractivity contribution >= 4 is 34.8 Å². The van der Waals surface area contributed by atoms with E-state index in [0.717, 1.165) is 12.3 Å². The monoisotopic (exact) mass is 332 g/mol. The number of thioether (sulfide) groups is 1. The lowest BCUT2D eigenvalue weighted by atomic mass is 10.1. The highest BCUT2D eigenvalue weighted by Crippen LogP contribution is 2.22. The zero-order valence-electron chi connectivity index (χ0n) is 12.4. The molecule has 2 aliphatic heterocycles. The highest BCUT2D eigenvalue weighted by Gasteiger charge is 2.34. The molecule has 0 aromatic heterocycles. The maximum Gasteiger partial charge on any atom is 0.320 e. The normalized spacial score (nSPS) is 16.3. The maximum atomic E-state index is 12.2. The average Bonchev–Trinajstić information content (AvgIpc) is 3.14. The smallest absolute Gasteiger partial charge is 0.320 e. The second-order valence-corrected chi connectivity index (χ2v) is 6.16. The van der Waals surface area contributed by atoms with Gasteiger partial charge >= 0.3 is 6.03 Å². The molecule has 0 unspecified atom stereocenters. The third-order valence-corrected chi connectivity index (χ3v) is 4.42. The van der Waals surface area contributed by atoms with Gasteiger partial charge in [-0.1, -0.05) is 23.9 Å². The van der Waals surface area contributed by atoms with Crippen LogP contribution >= 0.6 is 11.8 Å². The van der Waals surface area contributed by atoms with Crippen LogP contribution in [0.1, 0.15) is 27.1 Å². The minimum Gasteiger partial charge on any atom is -0.338 e. The fraction of sp³-hybridized carbons (Fsp3) is 0.333. The van der Waals surface area contributed by atoms with Crippen LogP contribution in [0.15, 0.2) is 29.3 Å². The van der Waals surface area contributed by atoms with E-state index in [1.54, 1.807) is 24.3 Å². The molecule has 1 aromatic carbocycles. The number of amidine groups is 1. The summed E-state index contributed by atoms with van der Waals surface area (Å²) in [6, 6.07) is 6.47. The quantitative estimate of drug-likeness (QED) is 0.637. The Balaban J connectivity index is 1.44. The zero-order valence-corrected chi connectivity index (χ0v) is 13.2. The zero-order chi connectivity index (χ0) is 16.2. The van der Waals surface area contributed by atoms with E-state index in [4.69, 9.17) is 0 Å². The number of rotatable bonds is 4. The average molecular weight is 332 g/mol. The number of nitrogens with one attached hydrogen (secondary N) is 2. The van der Waals surface area contributed by atoms with Crippen molar-refractivity contribution in [3.63, 3.8) is 0 Å². The number of imide groups is 1. The molecule has 1 aromatic rings. The van der Waals surface area contributed by atoms with Crippen LogP contribution in [0.5, 0.6) is 0 Å². The van der Waals surface area contributed by atoms with E-state index in [2.05, 4.69) is 15.6 Å². The molecule has 3 rings (SSSR count). The van der Waals surface area contributed by atoms with Gasteiger partial charge in [0.25, 0.3) is 11.8 Å². The second-order valence-electron chi connectivity index (χ2n) is 5.08. The molecule has 8 heteroatoms. The van der Waals surface area contributed by atoms with Gasteiger partial charge in [0.15, 0.2) is 5.17 Å². The minimum absolute atomic E-state index is 0.272. The van der Waals surface area contributed by atoms with Crippen LogP contribution in [0.2, 0.25) is 0 Å². The van der Waals surface area contributed by atoms with Gasteiger partial charge in [0.2, 0.25) is 0 Å². The maximum absolute atomic E-state index is 12.2. The van der Waals surface area contributed by atoms with Crippen molar-refractivity contribution in [2.24, 2.45) is 4.99 Å². The number of carbonyl (C=O) groups is 3. The van der Waals surface area contributed by atoms with Crippen LogP contribution in [0, 0.1) is 0 Å². The summed E-state index contributed by atoms with van der Waals surface area (Å²) in [5.41, 5.74) is 0.888. The lowest BCUT2D eigenvalue weighted by Crippen LogP contribution is -2.39. The first-order valence-electron chi connectivity index (χ1n) is 7.34. The SMILES string of the molecule is O=C(NCCCN1C(=O)c2ccccc2C1=O)NC1=NCCS1. The minimum atomic E-state index is -0.319. The Morgan fingerprint density at radius 3 is 2.52 bits per heavy atom. The Kier molecular flexibility index (Phi) is 4.61. The van der Waals surface area contributed by atoms with Crippen molar-refractivity contribution in [2.45, 2.75) is 6.42 Å². The molecule has 0 saturated carbocycles. The molecule has 0 bridgehead atoms. The van der Waals surface area contributed by atoms with Crippen LogP contribution in [0.4, 0.5) is 4.79 Å². The number of carbonyl (C=O) groups excluding carboxylic acids is 3. The van der Waals surface area contributed by atoms with Crippen molar-refractivity contribution in [1.82, 2.24) is 15.5 Å². The Morgan fingerprint density at radius 1 is 1.22 bits per heavy atom. The van der Waals surface area contributed by atoms with Crippen LogP contribution in [-0.4, -0.2) is 53.3 Å². The van der Waals surface area contributed by atoms with E-state index in [9.17, 15) is 14.4 Å². The van der Waals surface area contributed by atoms with Gasteiger partial charge in [-0.3, -0.25) is 24.8 Å². The fourth-order valence-electron chi connectivity index (χ4n) is 2.43. The highest BCUT2D eigenvalue weighted by molar-refractivity contribution is 8.14. The first kappa shape index (κ1) is 15.5. The molecule has 0 saturated heterocycles. The Labute approximate surface area is 137 Å². The lowest BCUT2D eigenvalue weighted by Gasteiger charge is -2.14. The largest absolute Gasteiger partial charge is 0.338 e. The summed E-state index contributed by atoms with van der Waals surface area (Å²) in [7, 11) is 0. The predicted molar refractivity (Wildman–Crippen MR) is 87.7 cm³/mol. The third-order valence-electron chi connectivity index (χ3n) is 3.53. The van der Waals surface area contributed by atoms with Crippen LogP contribution in [0.3, 0.4) is 0 Å². The molecule has 0 aliphatic carbocycles. The van der Waals surface area contributed by atoms with Gasteiger partial charge in [-0.05, 0) is 18.6 Å². The second kappa shape index (κ2) is 6.82. The number of fused-ring (bicyclic) bond motifs is 1. The van der Waals surface area contributed by atoms with Crippen LogP contribution < -0.4 is 10.6 Å². The molecule has 0 atom stereocenters. The van der Waals surface area contributed by atoms with E-state index in [1.165, 1.54) is 16.7 Å². The number of hydrogen-bond donors (Lipinski definition) is 2. The van der Waals surface area contributed by atoms with E-state index in [1.807, 2.05) is 0 Å². The summed E-state index contributed by atoms with van der Waals surface area (Å²) in [6.45, 7) is 1.37. The molecule has 2 aliphatic rings. The molecule has 7 nitrogen and oxygen atoms in total. The van der Waals surface area contributed by atoms with E-state index in [0.29, 0.717) is 29.3 Å². The van der Waals surface area contributed by atoms with Crippen molar-refractivity contribution in [3.8, 4) is 0 Å². The number of amides is 4. The molecule has 0 radical (unpaired) electrons. The van der Waals surface area contributed by atoms with Gasteiger partial charge in [-0.25, -0.2) is 4.79 Å². The molecule has 0 spiro atoms. The highest BCUT2D eigenvalue weighted by atomic mass is 32.2. The van der Waals surface area contributed by atoms with Gasteiger partial charge in [-0.2, -0.15) is 0 Å². The molecular formula is C15H16N4O3S. The molecule has 23 heavy (non-hydrogen) atoms. The van der Waals surface area contributed by atoms with Crippen molar-refractivity contribution in [1.29, 1.82) is 0 Å². The number of urea groups is 1. The third kappa shape index (κ3) is 3.37. The molecule has 2 N–H and O–H groups in total. The summed E-state index contributed by atoms with van der Waals surface area (Å²) in [5.74, 6) is 0.341. The summed E-state index contributed by atoms with van der Waals surface area (Å²) in [6.07, 6.45) is 0.499. The molecule has 0 fully saturated rings. The van der Waals surface area contributed by atoms with Gasteiger partial charge in [0, 0.05) is 18.8 Å². The molecule has 2 heterocycles. The molecular weight excluding hydrogens is 316 g/mol. The van der Waals surface area contributed by atoms with E-state index in [-0.39, 0.29) is 24.4 Å². The number of nitrogens with zero attached hydrogens (tertiary/aromatic N) is 2. The van der Waals surface area contributed by atoms with Gasteiger partial charge in [0.1, 0.15) is 0 Å². The Morgan fingerprint density at radius 2 is 1.91 bits per heavy atom. The summed E-state index contributed by atoms with van der Waals surface area (Å²) in [5, 5.41) is 5.97. The Bertz CT molecular complexity index is 654. The fourth-order valence-corrected chi connectivity index (χ4v) is 3.16. The Hall–Kier alpha value is -2.35.